The lowest BCUT2D eigenvalue weighted by atomic mass is 10.1. The van der Waals surface area contributed by atoms with E-state index in [4.69, 9.17) is 4.42 Å². The highest BCUT2D eigenvalue weighted by molar-refractivity contribution is 5.49. The first-order chi connectivity index (χ1) is 7.15. The van der Waals surface area contributed by atoms with Gasteiger partial charge in [0.05, 0.1) is 0 Å². The van der Waals surface area contributed by atoms with Gasteiger partial charge in [0.15, 0.2) is 0 Å². The molecular weight excluding hydrogens is 184 g/mol. The zero-order valence-corrected chi connectivity index (χ0v) is 10.5. The molecule has 0 saturated heterocycles. The van der Waals surface area contributed by atoms with Gasteiger partial charge in [0, 0.05) is 5.92 Å². The van der Waals surface area contributed by atoms with E-state index < -0.39 is 0 Å². The van der Waals surface area contributed by atoms with Gasteiger partial charge in [-0.05, 0) is 24.6 Å². The topological polar surface area (TPSA) is 13.1 Å². The Morgan fingerprint density at radius 1 is 1.33 bits per heavy atom. The summed E-state index contributed by atoms with van der Waals surface area (Å²) in [6, 6.07) is 2.09. The van der Waals surface area contributed by atoms with Crippen molar-refractivity contribution < 1.29 is 4.42 Å². The SMILES string of the molecule is C=C/C=C\c1oc(C(C)C)cc1C.CC. The van der Waals surface area contributed by atoms with Gasteiger partial charge < -0.3 is 4.42 Å². The van der Waals surface area contributed by atoms with E-state index in [0.29, 0.717) is 5.92 Å². The minimum Gasteiger partial charge on any atom is -0.461 e. The predicted molar refractivity (Wildman–Crippen MR) is 68.1 cm³/mol. The largest absolute Gasteiger partial charge is 0.461 e. The van der Waals surface area contributed by atoms with Gasteiger partial charge >= 0.3 is 0 Å². The fourth-order valence-electron chi connectivity index (χ4n) is 1.13. The zero-order valence-electron chi connectivity index (χ0n) is 10.5. The molecule has 1 rings (SSSR count). The van der Waals surface area contributed by atoms with Crippen molar-refractivity contribution in [3.63, 3.8) is 0 Å². The Morgan fingerprint density at radius 3 is 2.33 bits per heavy atom. The van der Waals surface area contributed by atoms with Crippen LogP contribution in [0.15, 0.2) is 29.2 Å². The number of rotatable bonds is 3. The summed E-state index contributed by atoms with van der Waals surface area (Å²) in [5.41, 5.74) is 1.18. The number of furan rings is 1. The molecule has 0 amide bonds. The monoisotopic (exact) mass is 206 g/mol. The molecule has 1 heteroatoms. The first kappa shape index (κ1) is 13.8. The van der Waals surface area contributed by atoms with Crippen molar-refractivity contribution in [3.8, 4) is 0 Å². The Morgan fingerprint density at radius 2 is 1.93 bits per heavy atom. The van der Waals surface area contributed by atoms with E-state index in [1.807, 2.05) is 26.0 Å². The molecule has 0 spiro atoms. The van der Waals surface area contributed by atoms with E-state index in [2.05, 4.69) is 33.4 Å². The first-order valence-corrected chi connectivity index (χ1v) is 5.54. The number of hydrogen-bond donors (Lipinski definition) is 0. The van der Waals surface area contributed by atoms with Crippen molar-refractivity contribution in [1.29, 1.82) is 0 Å². The van der Waals surface area contributed by atoms with E-state index in [1.54, 1.807) is 6.08 Å². The van der Waals surface area contributed by atoms with Crippen LogP contribution in [0.5, 0.6) is 0 Å². The highest BCUT2D eigenvalue weighted by Gasteiger charge is 2.07. The second-order valence-corrected chi connectivity index (χ2v) is 3.45. The lowest BCUT2D eigenvalue weighted by molar-refractivity contribution is 0.479. The fourth-order valence-corrected chi connectivity index (χ4v) is 1.13. The van der Waals surface area contributed by atoms with Crippen LogP contribution in [0.25, 0.3) is 6.08 Å². The molecule has 1 nitrogen and oxygen atoms in total. The lowest BCUT2D eigenvalue weighted by Crippen LogP contribution is -1.80. The van der Waals surface area contributed by atoms with Crippen molar-refractivity contribution in [2.75, 3.05) is 0 Å². The third-order valence-electron chi connectivity index (χ3n) is 1.93. The summed E-state index contributed by atoms with van der Waals surface area (Å²) < 4.78 is 5.64. The Hall–Kier alpha value is -1.24. The Balaban J connectivity index is 0.000000921. The summed E-state index contributed by atoms with van der Waals surface area (Å²) in [6.45, 7) is 13.9. The Kier molecular flexibility index (Phi) is 6.52. The van der Waals surface area contributed by atoms with Crippen LogP contribution in [0.1, 0.15) is 50.7 Å². The molecule has 0 fully saturated rings. The average Bonchev–Trinajstić information content (AvgIpc) is 2.60. The van der Waals surface area contributed by atoms with Crippen molar-refractivity contribution in [1.82, 2.24) is 0 Å². The highest BCUT2D eigenvalue weighted by Crippen LogP contribution is 2.22. The molecule has 15 heavy (non-hydrogen) atoms. The maximum atomic E-state index is 5.64. The molecule has 1 aromatic rings. The van der Waals surface area contributed by atoms with Gasteiger partial charge in [-0.2, -0.15) is 0 Å². The highest BCUT2D eigenvalue weighted by atomic mass is 16.3. The minimum atomic E-state index is 0.449. The molecule has 0 aromatic carbocycles. The van der Waals surface area contributed by atoms with Crippen LogP contribution in [-0.4, -0.2) is 0 Å². The van der Waals surface area contributed by atoms with Crippen molar-refractivity contribution in [2.45, 2.75) is 40.5 Å². The molecule has 1 heterocycles. The molecule has 1 aromatic heterocycles. The van der Waals surface area contributed by atoms with Gasteiger partial charge in [-0.3, -0.25) is 0 Å². The van der Waals surface area contributed by atoms with E-state index in [0.717, 1.165) is 11.5 Å². The second kappa shape index (κ2) is 7.10. The average molecular weight is 206 g/mol. The normalized spacial score (nSPS) is 10.3. The smallest absolute Gasteiger partial charge is 0.129 e. The molecule has 0 aliphatic heterocycles. The summed E-state index contributed by atoms with van der Waals surface area (Å²) in [5.74, 6) is 2.43. The Bertz CT molecular complexity index is 316. The first-order valence-electron chi connectivity index (χ1n) is 5.54. The van der Waals surface area contributed by atoms with Crippen LogP contribution in [0, 0.1) is 6.92 Å². The van der Waals surface area contributed by atoms with Gasteiger partial charge in [0.1, 0.15) is 11.5 Å². The number of aryl methyl sites for hydroxylation is 1. The third-order valence-corrected chi connectivity index (χ3v) is 1.93. The molecule has 0 saturated carbocycles. The van der Waals surface area contributed by atoms with Crippen LogP contribution in [0.4, 0.5) is 0 Å². The molecule has 0 aliphatic rings. The van der Waals surface area contributed by atoms with Crippen molar-refractivity contribution in [3.05, 3.63) is 41.9 Å². The quantitative estimate of drug-likeness (QED) is 0.639. The number of allylic oxidation sites excluding steroid dienone is 2. The summed E-state index contributed by atoms with van der Waals surface area (Å²) in [5, 5.41) is 0. The summed E-state index contributed by atoms with van der Waals surface area (Å²) in [6.07, 6.45) is 5.57. The van der Waals surface area contributed by atoms with Crippen LogP contribution in [0.3, 0.4) is 0 Å². The third kappa shape index (κ3) is 4.20. The minimum absolute atomic E-state index is 0.449. The molecule has 0 atom stereocenters. The van der Waals surface area contributed by atoms with Gasteiger partial charge in [-0.1, -0.05) is 46.4 Å². The van der Waals surface area contributed by atoms with E-state index in [9.17, 15) is 0 Å². The molecular formula is C14H22O. The standard InChI is InChI=1S/C12H16O.C2H6/c1-5-6-7-11-10(4)8-12(13-11)9(2)3;1-2/h5-9H,1H2,2-4H3;1-2H3/b7-6-;. The van der Waals surface area contributed by atoms with E-state index in [1.165, 1.54) is 5.56 Å². The number of hydrogen-bond acceptors (Lipinski definition) is 1. The van der Waals surface area contributed by atoms with Gasteiger partial charge in [0.2, 0.25) is 0 Å². The van der Waals surface area contributed by atoms with Crippen molar-refractivity contribution in [2.24, 2.45) is 0 Å². The lowest BCUT2D eigenvalue weighted by Gasteiger charge is -1.96. The van der Waals surface area contributed by atoms with Crippen LogP contribution in [0.2, 0.25) is 0 Å². The Labute approximate surface area is 93.5 Å². The van der Waals surface area contributed by atoms with Crippen LogP contribution >= 0.6 is 0 Å². The molecule has 84 valence electrons. The maximum absolute atomic E-state index is 5.64. The molecule has 0 aliphatic carbocycles. The van der Waals surface area contributed by atoms with Crippen LogP contribution < -0.4 is 0 Å². The summed E-state index contributed by atoms with van der Waals surface area (Å²) >= 11 is 0. The molecule has 0 radical (unpaired) electrons. The van der Waals surface area contributed by atoms with Crippen molar-refractivity contribution >= 4 is 6.08 Å². The molecule has 0 unspecified atom stereocenters. The zero-order chi connectivity index (χ0) is 11.8. The van der Waals surface area contributed by atoms with Gasteiger partial charge in [0.25, 0.3) is 0 Å². The molecule has 0 N–H and O–H groups in total. The predicted octanol–water partition coefficient (Wildman–Crippen LogP) is 4.94. The van der Waals surface area contributed by atoms with Crippen LogP contribution in [-0.2, 0) is 0 Å². The van der Waals surface area contributed by atoms with E-state index >= 15 is 0 Å². The maximum Gasteiger partial charge on any atom is 0.129 e. The van der Waals surface area contributed by atoms with Gasteiger partial charge in [-0.25, -0.2) is 0 Å². The second-order valence-electron chi connectivity index (χ2n) is 3.45. The molecule has 0 bridgehead atoms. The van der Waals surface area contributed by atoms with E-state index in [-0.39, 0.29) is 0 Å². The van der Waals surface area contributed by atoms with Gasteiger partial charge in [-0.15, -0.1) is 0 Å². The summed E-state index contributed by atoms with van der Waals surface area (Å²) in [4.78, 5) is 0. The fraction of sp³-hybridized carbons (Fsp3) is 0.429. The summed E-state index contributed by atoms with van der Waals surface area (Å²) in [7, 11) is 0.